The van der Waals surface area contributed by atoms with Gasteiger partial charge in [0.05, 0.1) is 12.7 Å². The number of sulfonamides is 1. The summed E-state index contributed by atoms with van der Waals surface area (Å²) in [6.07, 6.45) is 5.02. The number of carbonyl (C=O) groups is 2. The van der Waals surface area contributed by atoms with Gasteiger partial charge in [0.1, 0.15) is 10.6 Å². The number of rotatable bonds is 7. The summed E-state index contributed by atoms with van der Waals surface area (Å²) in [7, 11) is -2.46. The monoisotopic (exact) mass is 452 g/mol. The van der Waals surface area contributed by atoms with Crippen LogP contribution in [0.5, 0.6) is 5.75 Å². The van der Waals surface area contributed by atoms with Gasteiger partial charge in [-0.2, -0.15) is 4.31 Å². The van der Waals surface area contributed by atoms with Gasteiger partial charge < -0.3 is 14.8 Å². The van der Waals surface area contributed by atoms with Crippen molar-refractivity contribution in [1.82, 2.24) is 9.62 Å². The quantitative estimate of drug-likeness (QED) is 0.638. The van der Waals surface area contributed by atoms with Crippen LogP contribution in [0.3, 0.4) is 0 Å². The molecule has 2 aliphatic rings. The zero-order valence-electron chi connectivity index (χ0n) is 18.4. The van der Waals surface area contributed by atoms with Crippen molar-refractivity contribution < 1.29 is 27.5 Å². The lowest BCUT2D eigenvalue weighted by atomic mass is 9.94. The van der Waals surface area contributed by atoms with Gasteiger partial charge in [0.15, 0.2) is 6.61 Å². The summed E-state index contributed by atoms with van der Waals surface area (Å²) in [4.78, 5) is 24.4. The van der Waals surface area contributed by atoms with Gasteiger partial charge in [-0.05, 0) is 49.3 Å². The normalized spacial score (nSPS) is 22.8. The number of benzene rings is 1. The average molecular weight is 453 g/mol. The van der Waals surface area contributed by atoms with Crippen LogP contribution < -0.4 is 10.1 Å². The third kappa shape index (κ3) is 5.77. The molecule has 2 fully saturated rings. The van der Waals surface area contributed by atoms with Gasteiger partial charge in [0, 0.05) is 19.1 Å². The fourth-order valence-electron chi connectivity index (χ4n) is 4.50. The molecule has 3 rings (SSSR count). The van der Waals surface area contributed by atoms with Crippen LogP contribution in [0.2, 0.25) is 0 Å². The number of nitrogens with one attached hydrogen (secondary N) is 1. The largest absolute Gasteiger partial charge is 0.495 e. The number of carbonyl (C=O) groups excluding carboxylic acids is 2. The molecule has 1 aromatic rings. The second-order valence-corrected chi connectivity index (χ2v) is 10.7. The van der Waals surface area contributed by atoms with E-state index in [1.165, 1.54) is 29.6 Å². The van der Waals surface area contributed by atoms with Crippen molar-refractivity contribution in [3.05, 3.63) is 23.8 Å². The Labute approximate surface area is 184 Å². The zero-order chi connectivity index (χ0) is 22.6. The number of amides is 1. The minimum atomic E-state index is -3.85. The van der Waals surface area contributed by atoms with Crippen LogP contribution in [-0.2, 0) is 19.6 Å². The molecule has 1 N–H and O–H groups in total. The van der Waals surface area contributed by atoms with Gasteiger partial charge in [-0.25, -0.2) is 13.2 Å². The lowest BCUT2D eigenvalue weighted by molar-refractivity contribution is -0.124. The van der Waals surface area contributed by atoms with Crippen molar-refractivity contribution in [1.29, 1.82) is 0 Å². The number of hydrogen-bond acceptors (Lipinski definition) is 6. The highest BCUT2D eigenvalue weighted by Gasteiger charge is 2.34. The maximum Gasteiger partial charge on any atom is 0.338 e. The molecule has 2 atom stereocenters. The number of esters is 1. The summed E-state index contributed by atoms with van der Waals surface area (Å²) in [5, 5.41) is 2.85. The first kappa shape index (κ1) is 23.5. The number of nitrogens with zero attached hydrogens (tertiary/aromatic N) is 1. The number of hydrogen-bond donors (Lipinski definition) is 1. The molecule has 1 heterocycles. The molecule has 9 heteroatoms. The molecule has 8 nitrogen and oxygen atoms in total. The summed E-state index contributed by atoms with van der Waals surface area (Å²) in [5.41, 5.74) is 0.0612. The molecule has 31 heavy (non-hydrogen) atoms. The van der Waals surface area contributed by atoms with Crippen LogP contribution in [0.25, 0.3) is 0 Å². The zero-order valence-corrected chi connectivity index (χ0v) is 19.2. The van der Waals surface area contributed by atoms with E-state index in [4.69, 9.17) is 9.47 Å². The minimum absolute atomic E-state index is 0.0612. The first-order chi connectivity index (χ1) is 14.7. The fraction of sp³-hybridized carbons (Fsp3) is 0.636. The van der Waals surface area contributed by atoms with Crippen LogP contribution in [-0.4, -0.2) is 57.4 Å². The second kappa shape index (κ2) is 9.99. The summed E-state index contributed by atoms with van der Waals surface area (Å²) in [5.74, 6) is -0.438. The standard InChI is InChI=1S/C22H32N2O6S/c1-15-10-16(2)13-24(12-15)31(27,28)20-11-17(8-9-19(20)29-3)22(26)30-14-21(25)23-18-6-4-5-7-18/h8-9,11,15-16,18H,4-7,10,12-14H2,1-3H3,(H,23,25). The molecule has 1 saturated heterocycles. The fourth-order valence-corrected chi connectivity index (χ4v) is 6.36. The van der Waals surface area contributed by atoms with Gasteiger partial charge in [-0.3, -0.25) is 4.79 Å². The number of piperidine rings is 1. The van der Waals surface area contributed by atoms with Crippen LogP contribution in [0.15, 0.2) is 23.1 Å². The van der Waals surface area contributed by atoms with E-state index in [-0.39, 0.29) is 40.0 Å². The number of methoxy groups -OCH3 is 1. The topological polar surface area (TPSA) is 102 Å². The van der Waals surface area contributed by atoms with E-state index in [0.29, 0.717) is 13.1 Å². The Morgan fingerprint density at radius 2 is 1.77 bits per heavy atom. The van der Waals surface area contributed by atoms with Crippen molar-refractivity contribution in [2.24, 2.45) is 11.8 Å². The van der Waals surface area contributed by atoms with Gasteiger partial charge in [-0.1, -0.05) is 26.7 Å². The molecular weight excluding hydrogens is 420 g/mol. The highest BCUT2D eigenvalue weighted by Crippen LogP contribution is 2.32. The molecule has 1 aliphatic carbocycles. The van der Waals surface area contributed by atoms with E-state index in [9.17, 15) is 18.0 Å². The minimum Gasteiger partial charge on any atom is -0.495 e. The van der Waals surface area contributed by atoms with Crippen molar-refractivity contribution in [3.8, 4) is 5.75 Å². The Hall–Kier alpha value is -2.13. The Morgan fingerprint density at radius 1 is 1.13 bits per heavy atom. The third-order valence-electron chi connectivity index (χ3n) is 5.91. The maximum absolute atomic E-state index is 13.3. The summed E-state index contributed by atoms with van der Waals surface area (Å²) < 4.78 is 38.5. The Balaban J connectivity index is 1.73. The van der Waals surface area contributed by atoms with Gasteiger partial charge in [-0.15, -0.1) is 0 Å². The van der Waals surface area contributed by atoms with E-state index in [1.807, 2.05) is 13.8 Å². The molecule has 1 aliphatic heterocycles. The second-order valence-electron chi connectivity index (χ2n) is 8.76. The van der Waals surface area contributed by atoms with Crippen LogP contribution in [0.1, 0.15) is 56.3 Å². The molecule has 1 aromatic carbocycles. The van der Waals surface area contributed by atoms with Crippen LogP contribution >= 0.6 is 0 Å². The molecule has 0 aromatic heterocycles. The van der Waals surface area contributed by atoms with E-state index < -0.39 is 22.6 Å². The average Bonchev–Trinajstić information content (AvgIpc) is 3.23. The molecule has 0 bridgehead atoms. The van der Waals surface area contributed by atoms with E-state index >= 15 is 0 Å². The van der Waals surface area contributed by atoms with Crippen molar-refractivity contribution in [3.63, 3.8) is 0 Å². The van der Waals surface area contributed by atoms with Crippen LogP contribution in [0.4, 0.5) is 0 Å². The molecule has 0 radical (unpaired) electrons. The third-order valence-corrected chi connectivity index (χ3v) is 7.76. The smallest absolute Gasteiger partial charge is 0.338 e. The Morgan fingerprint density at radius 3 is 2.39 bits per heavy atom. The van der Waals surface area contributed by atoms with Gasteiger partial charge in [0.25, 0.3) is 5.91 Å². The predicted octanol–water partition coefficient (Wildman–Crippen LogP) is 2.58. The highest BCUT2D eigenvalue weighted by atomic mass is 32.2. The first-order valence-electron chi connectivity index (χ1n) is 10.9. The Bertz CT molecular complexity index is 901. The summed E-state index contributed by atoms with van der Waals surface area (Å²) >= 11 is 0. The molecule has 172 valence electrons. The highest BCUT2D eigenvalue weighted by molar-refractivity contribution is 7.89. The Kier molecular flexibility index (Phi) is 7.59. The van der Waals surface area contributed by atoms with E-state index in [0.717, 1.165) is 32.1 Å². The van der Waals surface area contributed by atoms with E-state index in [1.54, 1.807) is 0 Å². The predicted molar refractivity (Wildman–Crippen MR) is 115 cm³/mol. The van der Waals surface area contributed by atoms with Gasteiger partial charge >= 0.3 is 5.97 Å². The lowest BCUT2D eigenvalue weighted by Crippen LogP contribution is -2.42. The van der Waals surface area contributed by atoms with E-state index in [2.05, 4.69) is 5.32 Å². The SMILES string of the molecule is COc1ccc(C(=O)OCC(=O)NC2CCCC2)cc1S(=O)(=O)N1CC(C)CC(C)C1. The van der Waals surface area contributed by atoms with Crippen molar-refractivity contribution in [2.75, 3.05) is 26.8 Å². The molecular formula is C22H32N2O6S. The molecule has 1 amide bonds. The van der Waals surface area contributed by atoms with Crippen LogP contribution in [0, 0.1) is 11.8 Å². The lowest BCUT2D eigenvalue weighted by Gasteiger charge is -2.34. The summed E-state index contributed by atoms with van der Waals surface area (Å²) in [6, 6.07) is 4.29. The van der Waals surface area contributed by atoms with Crippen molar-refractivity contribution in [2.45, 2.75) is 56.9 Å². The van der Waals surface area contributed by atoms with Gasteiger partial charge in [0.2, 0.25) is 10.0 Å². The molecule has 2 unspecified atom stereocenters. The number of ether oxygens (including phenoxy) is 2. The summed E-state index contributed by atoms with van der Waals surface area (Å²) in [6.45, 7) is 4.50. The first-order valence-corrected chi connectivity index (χ1v) is 12.3. The van der Waals surface area contributed by atoms with Crippen molar-refractivity contribution >= 4 is 21.9 Å². The molecule has 1 saturated carbocycles. The maximum atomic E-state index is 13.3. The molecule has 0 spiro atoms.